The molecule has 0 radical (unpaired) electrons. The van der Waals surface area contributed by atoms with Crippen LogP contribution in [0.15, 0.2) is 24.8 Å². The third-order valence-corrected chi connectivity index (χ3v) is 1.99. The van der Waals surface area contributed by atoms with Gasteiger partial charge in [0, 0.05) is 24.2 Å². The Bertz CT molecular complexity index is 295. The van der Waals surface area contributed by atoms with E-state index >= 15 is 0 Å². The van der Waals surface area contributed by atoms with Gasteiger partial charge >= 0.3 is 11.9 Å². The Morgan fingerprint density at radius 3 is 2.53 bits per heavy atom. The van der Waals surface area contributed by atoms with Crippen LogP contribution in [-0.2, 0) is 19.1 Å². The zero-order chi connectivity index (χ0) is 13.3. The third kappa shape index (κ3) is 7.30. The summed E-state index contributed by atoms with van der Waals surface area (Å²) in [6.07, 6.45) is 1.48. The van der Waals surface area contributed by atoms with Crippen molar-refractivity contribution in [3.8, 4) is 0 Å². The fourth-order valence-electron chi connectivity index (χ4n) is 0.929. The zero-order valence-corrected chi connectivity index (χ0v) is 9.98. The van der Waals surface area contributed by atoms with Gasteiger partial charge in [-0.3, -0.25) is 0 Å². The van der Waals surface area contributed by atoms with Gasteiger partial charge in [0.1, 0.15) is 0 Å². The van der Waals surface area contributed by atoms with Gasteiger partial charge in [-0.05, 0) is 13.3 Å². The summed E-state index contributed by atoms with van der Waals surface area (Å²) in [5, 5.41) is 9.03. The fourth-order valence-corrected chi connectivity index (χ4v) is 0.929. The van der Waals surface area contributed by atoms with E-state index in [1.165, 1.54) is 0 Å². The van der Waals surface area contributed by atoms with E-state index in [0.29, 0.717) is 12.0 Å². The Kier molecular flexibility index (Phi) is 7.71. The fraction of sp³-hybridized carbons (Fsp3) is 0.500. The molecule has 1 unspecified atom stereocenters. The van der Waals surface area contributed by atoms with Crippen molar-refractivity contribution in [1.29, 1.82) is 0 Å². The first-order chi connectivity index (χ1) is 8.01. The molecule has 0 aliphatic rings. The van der Waals surface area contributed by atoms with Crippen LogP contribution in [-0.4, -0.2) is 36.9 Å². The van der Waals surface area contributed by atoms with E-state index in [9.17, 15) is 9.59 Å². The van der Waals surface area contributed by atoms with E-state index in [4.69, 9.17) is 14.6 Å². The molecule has 96 valence electrons. The Hall–Kier alpha value is -1.62. The predicted octanol–water partition coefficient (Wildman–Crippen LogP) is 0.833. The summed E-state index contributed by atoms with van der Waals surface area (Å²) in [4.78, 5) is 21.8. The van der Waals surface area contributed by atoms with Crippen LogP contribution in [0.3, 0.4) is 0 Å². The van der Waals surface area contributed by atoms with Gasteiger partial charge in [-0.2, -0.15) is 0 Å². The second-order valence-corrected chi connectivity index (χ2v) is 3.59. The van der Waals surface area contributed by atoms with E-state index in [-0.39, 0.29) is 25.7 Å². The van der Waals surface area contributed by atoms with Crippen molar-refractivity contribution in [2.24, 2.45) is 5.92 Å². The lowest BCUT2D eigenvalue weighted by atomic mass is 10.1. The first kappa shape index (κ1) is 15.4. The summed E-state index contributed by atoms with van der Waals surface area (Å²) in [6.45, 7) is 8.32. The molecule has 0 aromatic heterocycles. The number of ether oxygens (including phenoxy) is 2. The zero-order valence-electron chi connectivity index (χ0n) is 9.98. The standard InChI is InChI=1S/C12H18O5/c1-4-11(14)16-6-5-10(7-13)8-17-12(15)9(2)3/h4,10,13H,1-2,5-8H2,3H3. The van der Waals surface area contributed by atoms with Gasteiger partial charge in [-0.25, -0.2) is 9.59 Å². The minimum Gasteiger partial charge on any atom is -0.463 e. The van der Waals surface area contributed by atoms with Gasteiger partial charge in [0.2, 0.25) is 0 Å². The van der Waals surface area contributed by atoms with Crippen LogP contribution in [0.5, 0.6) is 0 Å². The highest BCUT2D eigenvalue weighted by molar-refractivity contribution is 5.86. The summed E-state index contributed by atoms with van der Waals surface area (Å²) in [6, 6.07) is 0. The molecule has 0 bridgehead atoms. The van der Waals surface area contributed by atoms with Crippen molar-refractivity contribution in [3.63, 3.8) is 0 Å². The van der Waals surface area contributed by atoms with Crippen LogP contribution in [0.25, 0.3) is 0 Å². The molecule has 0 rings (SSSR count). The quantitative estimate of drug-likeness (QED) is 0.504. The lowest BCUT2D eigenvalue weighted by molar-refractivity contribution is -0.142. The van der Waals surface area contributed by atoms with Gasteiger partial charge in [0.25, 0.3) is 0 Å². The molecule has 0 heterocycles. The average molecular weight is 242 g/mol. The van der Waals surface area contributed by atoms with Gasteiger partial charge < -0.3 is 14.6 Å². The largest absolute Gasteiger partial charge is 0.463 e. The summed E-state index contributed by atoms with van der Waals surface area (Å²) in [5.41, 5.74) is 0.305. The van der Waals surface area contributed by atoms with Crippen molar-refractivity contribution < 1.29 is 24.2 Å². The van der Waals surface area contributed by atoms with E-state index in [1.54, 1.807) is 6.92 Å². The molecule has 0 spiro atoms. The molecule has 0 aliphatic carbocycles. The molecule has 0 fully saturated rings. The highest BCUT2D eigenvalue weighted by atomic mass is 16.5. The predicted molar refractivity (Wildman–Crippen MR) is 62.1 cm³/mol. The van der Waals surface area contributed by atoms with Crippen molar-refractivity contribution in [3.05, 3.63) is 24.8 Å². The monoisotopic (exact) mass is 242 g/mol. The van der Waals surface area contributed by atoms with Crippen LogP contribution in [0.2, 0.25) is 0 Å². The number of rotatable bonds is 8. The van der Waals surface area contributed by atoms with Crippen molar-refractivity contribution in [1.82, 2.24) is 0 Å². The lowest BCUT2D eigenvalue weighted by Crippen LogP contribution is -2.19. The molecule has 0 aliphatic heterocycles. The molecule has 0 aromatic rings. The van der Waals surface area contributed by atoms with Crippen molar-refractivity contribution >= 4 is 11.9 Å². The van der Waals surface area contributed by atoms with Crippen LogP contribution >= 0.6 is 0 Å². The second-order valence-electron chi connectivity index (χ2n) is 3.59. The number of carbonyl (C=O) groups excluding carboxylic acids is 2. The summed E-state index contributed by atoms with van der Waals surface area (Å²) < 4.78 is 9.63. The Morgan fingerprint density at radius 2 is 2.06 bits per heavy atom. The molecular weight excluding hydrogens is 224 g/mol. The molecule has 1 N–H and O–H groups in total. The molecule has 17 heavy (non-hydrogen) atoms. The number of aliphatic hydroxyl groups is 1. The molecule has 0 saturated carbocycles. The van der Waals surface area contributed by atoms with Gasteiger partial charge in [-0.1, -0.05) is 13.2 Å². The lowest BCUT2D eigenvalue weighted by Gasteiger charge is -2.14. The van der Waals surface area contributed by atoms with Crippen LogP contribution in [0, 0.1) is 5.92 Å². The van der Waals surface area contributed by atoms with Crippen molar-refractivity contribution in [2.45, 2.75) is 13.3 Å². The molecule has 0 aromatic carbocycles. The number of esters is 2. The first-order valence-electron chi connectivity index (χ1n) is 5.24. The average Bonchev–Trinajstić information content (AvgIpc) is 2.32. The molecule has 5 nitrogen and oxygen atoms in total. The van der Waals surface area contributed by atoms with E-state index in [2.05, 4.69) is 13.2 Å². The topological polar surface area (TPSA) is 72.8 Å². The van der Waals surface area contributed by atoms with Crippen molar-refractivity contribution in [2.75, 3.05) is 19.8 Å². The summed E-state index contributed by atoms with van der Waals surface area (Å²) in [7, 11) is 0. The normalized spacial score (nSPS) is 11.4. The molecule has 5 heteroatoms. The number of hydrogen-bond donors (Lipinski definition) is 1. The van der Waals surface area contributed by atoms with E-state index in [1.807, 2.05) is 0 Å². The summed E-state index contributed by atoms with van der Waals surface area (Å²) >= 11 is 0. The smallest absolute Gasteiger partial charge is 0.333 e. The van der Waals surface area contributed by atoms with Crippen LogP contribution in [0.1, 0.15) is 13.3 Å². The second kappa shape index (κ2) is 8.52. The minimum absolute atomic E-state index is 0.0772. The summed E-state index contributed by atoms with van der Waals surface area (Å²) in [5.74, 6) is -1.26. The van der Waals surface area contributed by atoms with Crippen LogP contribution in [0.4, 0.5) is 0 Å². The number of hydrogen-bond acceptors (Lipinski definition) is 5. The maximum atomic E-state index is 11.1. The molecule has 0 amide bonds. The number of aliphatic hydroxyl groups excluding tert-OH is 1. The van der Waals surface area contributed by atoms with Gasteiger partial charge in [-0.15, -0.1) is 0 Å². The SMILES string of the molecule is C=CC(=O)OCCC(CO)COC(=O)C(=C)C. The Balaban J connectivity index is 3.84. The molecule has 0 saturated heterocycles. The maximum Gasteiger partial charge on any atom is 0.333 e. The molecule has 1 atom stereocenters. The van der Waals surface area contributed by atoms with Crippen LogP contribution < -0.4 is 0 Å². The van der Waals surface area contributed by atoms with Gasteiger partial charge in [0.05, 0.1) is 13.2 Å². The first-order valence-corrected chi connectivity index (χ1v) is 5.24. The highest BCUT2D eigenvalue weighted by Crippen LogP contribution is 2.05. The van der Waals surface area contributed by atoms with E-state index < -0.39 is 11.9 Å². The van der Waals surface area contributed by atoms with Gasteiger partial charge in [0.15, 0.2) is 0 Å². The Labute approximate surface area is 101 Å². The number of carbonyl (C=O) groups is 2. The minimum atomic E-state index is -0.513. The molecular formula is C12H18O5. The maximum absolute atomic E-state index is 11.1. The third-order valence-electron chi connectivity index (χ3n) is 1.99. The Morgan fingerprint density at radius 1 is 1.41 bits per heavy atom. The van der Waals surface area contributed by atoms with E-state index in [0.717, 1.165) is 6.08 Å². The highest BCUT2D eigenvalue weighted by Gasteiger charge is 2.12.